The molecule has 0 radical (unpaired) electrons. The summed E-state index contributed by atoms with van der Waals surface area (Å²) in [5.41, 5.74) is 1.31. The average molecular weight is 370 g/mol. The zero-order valence-corrected chi connectivity index (χ0v) is 15.4. The molecule has 0 saturated carbocycles. The molecule has 2 aromatic carbocycles. The van der Waals surface area contributed by atoms with E-state index in [1.165, 1.54) is 6.07 Å². The number of rotatable bonds is 5. The second-order valence-electron chi connectivity index (χ2n) is 6.68. The molecule has 2 amide bonds. The van der Waals surface area contributed by atoms with Gasteiger partial charge in [-0.3, -0.25) is 9.59 Å². The van der Waals surface area contributed by atoms with Crippen LogP contribution in [-0.4, -0.2) is 30.9 Å². The number of piperidine rings is 1. The molecule has 1 heterocycles. The number of halogens is 1. The van der Waals surface area contributed by atoms with Crippen molar-refractivity contribution in [3.8, 4) is 5.75 Å². The van der Waals surface area contributed by atoms with E-state index >= 15 is 0 Å². The molecule has 0 aliphatic carbocycles. The molecule has 3 rings (SSSR count). The molecule has 5 nitrogen and oxygen atoms in total. The van der Waals surface area contributed by atoms with Crippen LogP contribution in [0.3, 0.4) is 0 Å². The summed E-state index contributed by atoms with van der Waals surface area (Å²) in [4.78, 5) is 26.7. The third-order valence-electron chi connectivity index (χ3n) is 5.07. The highest BCUT2D eigenvalue weighted by atomic mass is 19.1. The minimum absolute atomic E-state index is 0.00831. The molecule has 6 heteroatoms. The van der Waals surface area contributed by atoms with Crippen molar-refractivity contribution in [1.82, 2.24) is 10.2 Å². The molecule has 0 unspecified atom stereocenters. The number of hydrogen-bond acceptors (Lipinski definition) is 3. The summed E-state index contributed by atoms with van der Waals surface area (Å²) in [7, 11) is 3.30. The first-order chi connectivity index (χ1) is 13.0. The van der Waals surface area contributed by atoms with E-state index in [4.69, 9.17) is 4.74 Å². The number of hydrogen-bond donors (Lipinski definition) is 1. The van der Waals surface area contributed by atoms with E-state index in [1.54, 1.807) is 37.3 Å². The van der Waals surface area contributed by atoms with E-state index < -0.39 is 5.92 Å². The summed E-state index contributed by atoms with van der Waals surface area (Å²) < 4.78 is 19.0. The van der Waals surface area contributed by atoms with Crippen LogP contribution in [0.15, 0.2) is 48.5 Å². The summed E-state index contributed by atoms with van der Waals surface area (Å²) in [6.45, 7) is 0.120. The quantitative estimate of drug-likeness (QED) is 0.880. The van der Waals surface area contributed by atoms with Crippen LogP contribution in [0.5, 0.6) is 5.75 Å². The first-order valence-corrected chi connectivity index (χ1v) is 8.92. The number of likely N-dealkylation sites (tertiary alicyclic amines) is 1. The SMILES string of the molecule is COc1ccc([C@@H]2[C@@H](C(=O)NCc3ccccc3F)CCC(=O)N2C)cc1. The number of benzene rings is 2. The largest absolute Gasteiger partial charge is 0.497 e. The van der Waals surface area contributed by atoms with Crippen molar-refractivity contribution in [2.45, 2.75) is 25.4 Å². The number of nitrogens with one attached hydrogen (secondary N) is 1. The summed E-state index contributed by atoms with van der Waals surface area (Å²) in [6, 6.07) is 13.4. The van der Waals surface area contributed by atoms with Crippen molar-refractivity contribution in [2.75, 3.05) is 14.2 Å². The van der Waals surface area contributed by atoms with Crippen LogP contribution in [0.2, 0.25) is 0 Å². The lowest BCUT2D eigenvalue weighted by atomic mass is 9.84. The highest BCUT2D eigenvalue weighted by molar-refractivity contribution is 5.84. The van der Waals surface area contributed by atoms with Gasteiger partial charge in [-0.05, 0) is 30.2 Å². The van der Waals surface area contributed by atoms with Crippen molar-refractivity contribution < 1.29 is 18.7 Å². The minimum atomic E-state index is -0.395. The maximum Gasteiger partial charge on any atom is 0.225 e. The minimum Gasteiger partial charge on any atom is -0.497 e. The maximum atomic E-state index is 13.8. The van der Waals surface area contributed by atoms with Gasteiger partial charge in [0.05, 0.1) is 19.1 Å². The molecule has 0 aromatic heterocycles. The second kappa shape index (κ2) is 8.20. The standard InChI is InChI=1S/C21H23FN2O3/c1-24-19(25)12-11-17(20(24)14-7-9-16(27-2)10-8-14)21(26)23-13-15-5-3-4-6-18(15)22/h3-10,17,20H,11-13H2,1-2H3,(H,23,26)/t17-,20+/m0/s1. The number of carbonyl (C=O) groups excluding carboxylic acids is 2. The number of ether oxygens (including phenoxy) is 1. The van der Waals surface area contributed by atoms with Crippen molar-refractivity contribution in [1.29, 1.82) is 0 Å². The van der Waals surface area contributed by atoms with Crippen LogP contribution in [0.4, 0.5) is 4.39 Å². The summed E-state index contributed by atoms with van der Waals surface area (Å²) in [5, 5.41) is 2.83. The smallest absolute Gasteiger partial charge is 0.225 e. The Morgan fingerprint density at radius 2 is 1.93 bits per heavy atom. The predicted octanol–water partition coefficient (Wildman–Crippen LogP) is 3.06. The van der Waals surface area contributed by atoms with Gasteiger partial charge in [0.1, 0.15) is 11.6 Å². The van der Waals surface area contributed by atoms with Crippen molar-refractivity contribution in [3.05, 3.63) is 65.5 Å². The molecule has 1 fully saturated rings. The van der Waals surface area contributed by atoms with E-state index in [1.807, 2.05) is 24.3 Å². The van der Waals surface area contributed by atoms with E-state index in [0.29, 0.717) is 24.2 Å². The number of methoxy groups -OCH3 is 1. The molecule has 2 aromatic rings. The zero-order valence-electron chi connectivity index (χ0n) is 15.4. The Morgan fingerprint density at radius 3 is 2.59 bits per heavy atom. The monoisotopic (exact) mass is 370 g/mol. The Bertz CT molecular complexity index is 822. The third kappa shape index (κ3) is 4.10. The molecule has 27 heavy (non-hydrogen) atoms. The fourth-order valence-corrected chi connectivity index (χ4v) is 3.52. The van der Waals surface area contributed by atoms with Crippen molar-refractivity contribution in [3.63, 3.8) is 0 Å². The van der Waals surface area contributed by atoms with Gasteiger partial charge >= 0.3 is 0 Å². The summed E-state index contributed by atoms with van der Waals surface area (Å²) in [6.07, 6.45) is 0.782. The van der Waals surface area contributed by atoms with Gasteiger partial charge in [-0.15, -0.1) is 0 Å². The lowest BCUT2D eigenvalue weighted by molar-refractivity contribution is -0.141. The highest BCUT2D eigenvalue weighted by Gasteiger charge is 2.38. The molecule has 1 aliphatic heterocycles. The fourth-order valence-electron chi connectivity index (χ4n) is 3.52. The normalized spacial score (nSPS) is 19.7. The van der Waals surface area contributed by atoms with Gasteiger partial charge in [-0.2, -0.15) is 0 Å². The van der Waals surface area contributed by atoms with Gasteiger partial charge in [0.25, 0.3) is 0 Å². The third-order valence-corrected chi connectivity index (χ3v) is 5.07. The Balaban J connectivity index is 1.79. The van der Waals surface area contributed by atoms with Gasteiger partial charge in [0.2, 0.25) is 11.8 Å². The van der Waals surface area contributed by atoms with Crippen LogP contribution < -0.4 is 10.1 Å². The predicted molar refractivity (Wildman–Crippen MR) is 99.5 cm³/mol. The highest BCUT2D eigenvalue weighted by Crippen LogP contribution is 2.36. The van der Waals surface area contributed by atoms with Gasteiger partial charge in [0.15, 0.2) is 0 Å². The molecular weight excluding hydrogens is 347 g/mol. The molecule has 0 spiro atoms. The molecule has 1 aliphatic rings. The summed E-state index contributed by atoms with van der Waals surface area (Å²) >= 11 is 0. The lowest BCUT2D eigenvalue weighted by Crippen LogP contribution is -2.46. The number of amides is 2. The van der Waals surface area contributed by atoms with E-state index in [2.05, 4.69) is 5.32 Å². The molecule has 0 bridgehead atoms. The van der Waals surface area contributed by atoms with Crippen LogP contribution in [0, 0.1) is 11.7 Å². The van der Waals surface area contributed by atoms with E-state index in [-0.39, 0.29) is 30.2 Å². The molecule has 1 saturated heterocycles. The zero-order chi connectivity index (χ0) is 19.4. The van der Waals surface area contributed by atoms with Gasteiger partial charge in [0, 0.05) is 25.6 Å². The van der Waals surface area contributed by atoms with Gasteiger partial charge in [-0.1, -0.05) is 30.3 Å². The van der Waals surface area contributed by atoms with Crippen molar-refractivity contribution in [2.24, 2.45) is 5.92 Å². The van der Waals surface area contributed by atoms with Crippen LogP contribution in [0.1, 0.15) is 30.0 Å². The lowest BCUT2D eigenvalue weighted by Gasteiger charge is -2.38. The topological polar surface area (TPSA) is 58.6 Å². The Labute approximate surface area is 158 Å². The molecule has 1 N–H and O–H groups in total. The summed E-state index contributed by atoms with van der Waals surface area (Å²) in [5.74, 6) is -0.204. The molecule has 2 atom stereocenters. The van der Waals surface area contributed by atoms with Crippen LogP contribution in [-0.2, 0) is 16.1 Å². The first-order valence-electron chi connectivity index (χ1n) is 8.92. The fraction of sp³-hybridized carbons (Fsp3) is 0.333. The average Bonchev–Trinajstić information content (AvgIpc) is 2.69. The van der Waals surface area contributed by atoms with Crippen LogP contribution >= 0.6 is 0 Å². The second-order valence-corrected chi connectivity index (χ2v) is 6.68. The molecular formula is C21H23FN2O3. The van der Waals surface area contributed by atoms with E-state index in [0.717, 1.165) is 5.56 Å². The van der Waals surface area contributed by atoms with Crippen molar-refractivity contribution >= 4 is 11.8 Å². The first kappa shape index (κ1) is 18.9. The maximum absolute atomic E-state index is 13.8. The number of nitrogens with zero attached hydrogens (tertiary/aromatic N) is 1. The Hall–Kier alpha value is -2.89. The van der Waals surface area contributed by atoms with Crippen LogP contribution in [0.25, 0.3) is 0 Å². The van der Waals surface area contributed by atoms with Gasteiger partial charge < -0.3 is 15.0 Å². The molecule has 142 valence electrons. The number of carbonyl (C=O) groups is 2. The van der Waals surface area contributed by atoms with Gasteiger partial charge in [-0.25, -0.2) is 4.39 Å². The Morgan fingerprint density at radius 1 is 1.22 bits per heavy atom. The van der Waals surface area contributed by atoms with E-state index in [9.17, 15) is 14.0 Å². The Kier molecular flexibility index (Phi) is 5.74.